The van der Waals surface area contributed by atoms with Crippen LogP contribution in [-0.4, -0.2) is 51.9 Å². The smallest absolute Gasteiger partial charge is 0.415 e. The van der Waals surface area contributed by atoms with Gasteiger partial charge in [0.05, 0.1) is 17.6 Å². The number of hydrogen-bond donors (Lipinski definition) is 1. The van der Waals surface area contributed by atoms with Gasteiger partial charge < -0.3 is 14.4 Å². The van der Waals surface area contributed by atoms with Gasteiger partial charge >= 0.3 is 12.1 Å². The highest BCUT2D eigenvalue weighted by molar-refractivity contribution is 5.92. The second-order valence-corrected chi connectivity index (χ2v) is 10.2. The third-order valence-electron chi connectivity index (χ3n) is 7.90. The lowest BCUT2D eigenvalue weighted by atomic mass is 9.91. The molecule has 3 aromatic rings. The van der Waals surface area contributed by atoms with E-state index in [0.29, 0.717) is 18.3 Å². The van der Waals surface area contributed by atoms with E-state index in [9.17, 15) is 9.59 Å². The van der Waals surface area contributed by atoms with Gasteiger partial charge in [0.15, 0.2) is 0 Å². The van der Waals surface area contributed by atoms with Crippen LogP contribution in [0, 0.1) is 0 Å². The predicted octanol–water partition coefficient (Wildman–Crippen LogP) is 5.23. The molecule has 6 rings (SSSR count). The van der Waals surface area contributed by atoms with Crippen LogP contribution >= 0.6 is 0 Å². The SMILES string of the molecule is CCc1cccc2c(CN3CCC4(CC3)CN(c3ccc(C(=O)O)cc3)C(=O)O4)cn(C3CC3)c12. The first-order valence-corrected chi connectivity index (χ1v) is 12.6. The molecule has 1 N–H and O–H groups in total. The first-order chi connectivity index (χ1) is 17.0. The van der Waals surface area contributed by atoms with Gasteiger partial charge in [0.2, 0.25) is 0 Å². The Morgan fingerprint density at radius 2 is 1.83 bits per heavy atom. The molecule has 3 aliphatic rings. The summed E-state index contributed by atoms with van der Waals surface area (Å²) in [6.07, 6.45) is 7.21. The zero-order valence-corrected chi connectivity index (χ0v) is 20.1. The number of carbonyl (C=O) groups is 2. The number of para-hydroxylation sites is 1. The number of fused-ring (bicyclic) bond motifs is 1. The summed E-state index contributed by atoms with van der Waals surface area (Å²) in [6, 6.07) is 13.8. The van der Waals surface area contributed by atoms with E-state index in [-0.39, 0.29) is 11.7 Å². The lowest BCUT2D eigenvalue weighted by molar-refractivity contribution is -0.000897. The summed E-state index contributed by atoms with van der Waals surface area (Å²) < 4.78 is 8.43. The fourth-order valence-electron chi connectivity index (χ4n) is 5.74. The van der Waals surface area contributed by atoms with Crippen LogP contribution in [0.3, 0.4) is 0 Å². The first kappa shape index (κ1) is 22.2. The van der Waals surface area contributed by atoms with Crippen LogP contribution in [0.15, 0.2) is 48.7 Å². The summed E-state index contributed by atoms with van der Waals surface area (Å²) in [7, 11) is 0. The molecule has 1 spiro atoms. The van der Waals surface area contributed by atoms with Crippen molar-refractivity contribution < 1.29 is 19.4 Å². The zero-order chi connectivity index (χ0) is 24.2. The van der Waals surface area contributed by atoms with E-state index in [1.807, 2.05) is 0 Å². The van der Waals surface area contributed by atoms with E-state index >= 15 is 0 Å². The Labute approximate surface area is 204 Å². The van der Waals surface area contributed by atoms with E-state index in [4.69, 9.17) is 9.84 Å². The fraction of sp³-hybridized carbons (Fsp3) is 0.429. The average molecular weight is 474 g/mol. The van der Waals surface area contributed by atoms with Crippen molar-refractivity contribution in [2.45, 2.75) is 57.2 Å². The summed E-state index contributed by atoms with van der Waals surface area (Å²) in [6.45, 7) is 5.40. The number of carboxylic acids is 1. The highest BCUT2D eigenvalue weighted by Gasteiger charge is 2.47. The molecular weight excluding hydrogens is 442 g/mol. The number of nitrogens with zero attached hydrogens (tertiary/aromatic N) is 3. The van der Waals surface area contributed by atoms with Crippen LogP contribution in [0.25, 0.3) is 10.9 Å². The molecule has 0 unspecified atom stereocenters. The van der Waals surface area contributed by atoms with E-state index in [0.717, 1.165) is 38.9 Å². The van der Waals surface area contributed by atoms with Gasteiger partial charge in [-0.25, -0.2) is 9.59 Å². The monoisotopic (exact) mass is 473 g/mol. The maximum atomic E-state index is 12.7. The van der Waals surface area contributed by atoms with Crippen molar-refractivity contribution >= 4 is 28.7 Å². The minimum Gasteiger partial charge on any atom is -0.478 e. The quantitative estimate of drug-likeness (QED) is 0.531. The molecular formula is C28H31N3O4. The number of aromatic carboxylic acids is 1. The Morgan fingerprint density at radius 1 is 1.09 bits per heavy atom. The van der Waals surface area contributed by atoms with Crippen molar-refractivity contribution in [2.75, 3.05) is 24.5 Å². The van der Waals surface area contributed by atoms with E-state index < -0.39 is 11.6 Å². The second kappa shape index (κ2) is 8.41. The molecule has 1 aromatic heterocycles. The molecule has 3 fully saturated rings. The summed E-state index contributed by atoms with van der Waals surface area (Å²) in [5.41, 5.74) is 4.64. The molecule has 182 valence electrons. The normalized spacial score (nSPS) is 20.0. The van der Waals surface area contributed by atoms with Crippen LogP contribution in [0.2, 0.25) is 0 Å². The molecule has 1 saturated carbocycles. The van der Waals surface area contributed by atoms with Crippen molar-refractivity contribution in [1.82, 2.24) is 9.47 Å². The number of benzene rings is 2. The molecule has 2 saturated heterocycles. The largest absolute Gasteiger partial charge is 0.478 e. The molecule has 1 aliphatic carbocycles. The topological polar surface area (TPSA) is 75.0 Å². The number of carboxylic acid groups (broad SMARTS) is 1. The third-order valence-corrected chi connectivity index (χ3v) is 7.90. The Hall–Kier alpha value is -3.32. The number of hydrogen-bond acceptors (Lipinski definition) is 4. The first-order valence-electron chi connectivity index (χ1n) is 12.6. The van der Waals surface area contributed by atoms with Gasteiger partial charge in [0.25, 0.3) is 0 Å². The second-order valence-electron chi connectivity index (χ2n) is 10.2. The number of rotatable bonds is 6. The van der Waals surface area contributed by atoms with Crippen LogP contribution in [0.1, 0.15) is 60.1 Å². The number of ether oxygens (including phenoxy) is 1. The lowest BCUT2D eigenvalue weighted by Gasteiger charge is -2.37. The highest BCUT2D eigenvalue weighted by atomic mass is 16.6. The van der Waals surface area contributed by atoms with Gasteiger partial charge in [-0.05, 0) is 54.7 Å². The highest BCUT2D eigenvalue weighted by Crippen LogP contribution is 2.41. The van der Waals surface area contributed by atoms with E-state index in [1.165, 1.54) is 47.0 Å². The van der Waals surface area contributed by atoms with Gasteiger partial charge in [-0.2, -0.15) is 0 Å². The van der Waals surface area contributed by atoms with Crippen molar-refractivity contribution in [3.63, 3.8) is 0 Å². The van der Waals surface area contributed by atoms with Gasteiger partial charge in [0, 0.05) is 55.8 Å². The fourth-order valence-corrected chi connectivity index (χ4v) is 5.74. The molecule has 35 heavy (non-hydrogen) atoms. The molecule has 0 bridgehead atoms. The predicted molar refractivity (Wildman–Crippen MR) is 134 cm³/mol. The van der Waals surface area contributed by atoms with Gasteiger partial charge in [0.1, 0.15) is 5.60 Å². The van der Waals surface area contributed by atoms with Gasteiger partial charge in [-0.15, -0.1) is 0 Å². The zero-order valence-electron chi connectivity index (χ0n) is 20.1. The average Bonchev–Trinajstić information content (AvgIpc) is 3.58. The number of aromatic nitrogens is 1. The van der Waals surface area contributed by atoms with Crippen molar-refractivity contribution in [3.8, 4) is 0 Å². The van der Waals surface area contributed by atoms with Crippen molar-refractivity contribution in [2.24, 2.45) is 0 Å². The third kappa shape index (κ3) is 3.97. The maximum absolute atomic E-state index is 12.7. The van der Waals surface area contributed by atoms with Crippen molar-refractivity contribution in [3.05, 3.63) is 65.4 Å². The molecule has 3 heterocycles. The molecule has 7 heteroatoms. The number of amides is 1. The molecule has 7 nitrogen and oxygen atoms in total. The van der Waals surface area contributed by atoms with Crippen LogP contribution in [0.5, 0.6) is 0 Å². The molecule has 0 atom stereocenters. The molecule has 0 radical (unpaired) electrons. The summed E-state index contributed by atoms with van der Waals surface area (Å²) in [5.74, 6) is -0.976. The van der Waals surface area contributed by atoms with Crippen LogP contribution < -0.4 is 4.90 Å². The standard InChI is InChI=1S/C28H31N3O4/c1-2-19-4-3-5-24-21(17-30(25(19)24)22-10-11-22)16-29-14-12-28(13-15-29)18-31(27(34)35-28)23-8-6-20(7-9-23)26(32)33/h3-9,17,22H,2,10-16,18H2,1H3,(H,32,33). The van der Waals surface area contributed by atoms with Gasteiger partial charge in [-0.3, -0.25) is 9.80 Å². The number of anilines is 1. The Kier molecular flexibility index (Phi) is 5.33. The maximum Gasteiger partial charge on any atom is 0.415 e. The van der Waals surface area contributed by atoms with Crippen LogP contribution in [-0.2, 0) is 17.7 Å². The molecule has 1 amide bonds. The number of carbonyl (C=O) groups excluding carboxylic acids is 1. The van der Waals surface area contributed by atoms with E-state index in [1.54, 1.807) is 17.0 Å². The number of piperidine rings is 1. The minimum absolute atomic E-state index is 0.207. The number of likely N-dealkylation sites (tertiary alicyclic amines) is 1. The lowest BCUT2D eigenvalue weighted by Crippen LogP contribution is -2.46. The minimum atomic E-state index is -0.976. The Bertz CT molecular complexity index is 1280. The Morgan fingerprint density at radius 3 is 2.49 bits per heavy atom. The summed E-state index contributed by atoms with van der Waals surface area (Å²) >= 11 is 0. The van der Waals surface area contributed by atoms with E-state index in [2.05, 4.69) is 40.8 Å². The summed E-state index contributed by atoms with van der Waals surface area (Å²) in [4.78, 5) is 27.9. The number of aryl methyl sites for hydroxylation is 1. The van der Waals surface area contributed by atoms with Gasteiger partial charge in [-0.1, -0.05) is 25.1 Å². The molecule has 2 aliphatic heterocycles. The summed E-state index contributed by atoms with van der Waals surface area (Å²) in [5, 5.41) is 10.5. The Balaban J connectivity index is 1.15. The van der Waals surface area contributed by atoms with Crippen molar-refractivity contribution in [1.29, 1.82) is 0 Å². The van der Waals surface area contributed by atoms with Crippen LogP contribution in [0.4, 0.5) is 10.5 Å². The molecule has 2 aromatic carbocycles.